The minimum absolute atomic E-state index is 0.211. The van der Waals surface area contributed by atoms with Crippen molar-refractivity contribution in [3.8, 4) is 0 Å². The van der Waals surface area contributed by atoms with Gasteiger partial charge in [-0.15, -0.1) is 11.3 Å². The molecule has 4 heterocycles. The minimum atomic E-state index is -0.986. The van der Waals surface area contributed by atoms with Gasteiger partial charge >= 0.3 is 5.97 Å². The summed E-state index contributed by atoms with van der Waals surface area (Å²) in [5.74, 6) is -1.82. The third kappa shape index (κ3) is 4.08. The first-order valence-corrected chi connectivity index (χ1v) is 10.7. The predicted octanol–water partition coefficient (Wildman–Crippen LogP) is 1.68. The normalized spacial score (nSPS) is 25.9. The number of aliphatic carboxylic acids is 1. The second-order valence-electron chi connectivity index (χ2n) is 7.80. The van der Waals surface area contributed by atoms with Gasteiger partial charge < -0.3 is 20.1 Å². The van der Waals surface area contributed by atoms with Crippen LogP contribution in [0.3, 0.4) is 0 Å². The predicted molar refractivity (Wildman–Crippen MR) is 111 cm³/mol. The summed E-state index contributed by atoms with van der Waals surface area (Å²) >= 11 is 1.58. The fraction of sp³-hybridized carbons (Fsp3) is 0.550. The molecule has 29 heavy (non-hydrogen) atoms. The highest BCUT2D eigenvalue weighted by molar-refractivity contribution is 7.13. The van der Waals surface area contributed by atoms with Crippen LogP contribution in [0.5, 0.6) is 0 Å². The van der Waals surface area contributed by atoms with Crippen molar-refractivity contribution in [2.75, 3.05) is 19.8 Å². The maximum atomic E-state index is 12.8. The number of nitrogens with one attached hydrogen (secondary N) is 2. The molecule has 0 radical (unpaired) electrons. The molecule has 1 amide bonds. The van der Waals surface area contributed by atoms with Gasteiger partial charge in [-0.05, 0) is 38.8 Å². The Morgan fingerprint density at radius 2 is 2.24 bits per heavy atom. The van der Waals surface area contributed by atoms with E-state index in [9.17, 15) is 14.7 Å². The molecule has 1 aromatic rings. The molecule has 3 N–H and O–H groups in total. The molecule has 3 aliphatic heterocycles. The number of carboxylic acids is 1. The standard InChI is InChI=1S/C20H26N4O4S/c1-12(19(26)27)24-8-4-16-14(18(24)25)11-17(29-16)15-3-7-21-20(2,23-15)22-13-5-9-28-10-6-13/h3,7,11-13,22-23H,4-6,8-10H2,1-2H3,(H,26,27). The number of hydrogen-bond donors (Lipinski definition) is 3. The van der Waals surface area contributed by atoms with Gasteiger partial charge in [0.05, 0.1) is 16.1 Å². The van der Waals surface area contributed by atoms with Gasteiger partial charge in [-0.3, -0.25) is 15.1 Å². The maximum Gasteiger partial charge on any atom is 0.326 e. The third-order valence-corrected chi connectivity index (χ3v) is 6.86. The number of carbonyl (C=O) groups excluding carboxylic acids is 1. The largest absolute Gasteiger partial charge is 0.480 e. The second kappa shape index (κ2) is 7.89. The van der Waals surface area contributed by atoms with E-state index in [1.165, 1.54) is 4.90 Å². The maximum absolute atomic E-state index is 12.8. The van der Waals surface area contributed by atoms with Crippen molar-refractivity contribution in [3.63, 3.8) is 0 Å². The van der Waals surface area contributed by atoms with E-state index in [1.54, 1.807) is 24.5 Å². The Labute approximate surface area is 173 Å². The number of ether oxygens (including phenoxy) is 1. The van der Waals surface area contributed by atoms with Gasteiger partial charge in [-0.25, -0.2) is 4.79 Å². The lowest BCUT2D eigenvalue weighted by atomic mass is 10.1. The summed E-state index contributed by atoms with van der Waals surface area (Å²) in [5, 5.41) is 16.3. The number of aliphatic imine (C=N–C) groups is 1. The van der Waals surface area contributed by atoms with Crippen LogP contribution in [0, 0.1) is 0 Å². The molecule has 156 valence electrons. The van der Waals surface area contributed by atoms with Crippen molar-refractivity contribution >= 4 is 35.1 Å². The van der Waals surface area contributed by atoms with Gasteiger partial charge in [0.25, 0.3) is 5.91 Å². The molecule has 3 aliphatic rings. The first-order chi connectivity index (χ1) is 13.9. The van der Waals surface area contributed by atoms with E-state index in [0.29, 0.717) is 24.6 Å². The number of carboxylic acid groups (broad SMARTS) is 1. The molecule has 0 bridgehead atoms. The fourth-order valence-electron chi connectivity index (χ4n) is 3.96. The lowest BCUT2D eigenvalue weighted by Crippen LogP contribution is -2.57. The van der Waals surface area contributed by atoms with Gasteiger partial charge in [0.2, 0.25) is 0 Å². The molecular weight excluding hydrogens is 392 g/mol. The second-order valence-corrected chi connectivity index (χ2v) is 8.93. The third-order valence-electron chi connectivity index (χ3n) is 5.63. The van der Waals surface area contributed by atoms with Crippen LogP contribution in [0.25, 0.3) is 5.70 Å². The number of fused-ring (bicyclic) bond motifs is 1. The van der Waals surface area contributed by atoms with Gasteiger partial charge in [0.1, 0.15) is 6.04 Å². The zero-order valence-corrected chi connectivity index (χ0v) is 17.4. The monoisotopic (exact) mass is 418 g/mol. The van der Waals surface area contributed by atoms with Crippen molar-refractivity contribution in [1.29, 1.82) is 0 Å². The van der Waals surface area contributed by atoms with Gasteiger partial charge in [0, 0.05) is 43.3 Å². The van der Waals surface area contributed by atoms with Crippen LogP contribution in [0.4, 0.5) is 0 Å². The van der Waals surface area contributed by atoms with Crippen molar-refractivity contribution < 1.29 is 19.4 Å². The smallest absolute Gasteiger partial charge is 0.326 e. The number of amides is 1. The Balaban J connectivity index is 1.51. The summed E-state index contributed by atoms with van der Waals surface area (Å²) < 4.78 is 5.43. The molecule has 1 fully saturated rings. The van der Waals surface area contributed by atoms with Gasteiger partial charge in [-0.1, -0.05) is 0 Å². The summed E-state index contributed by atoms with van der Waals surface area (Å²) in [7, 11) is 0. The van der Waals surface area contributed by atoms with E-state index in [-0.39, 0.29) is 5.91 Å². The van der Waals surface area contributed by atoms with E-state index in [2.05, 4.69) is 15.6 Å². The first-order valence-electron chi connectivity index (χ1n) is 9.92. The average molecular weight is 419 g/mol. The highest BCUT2D eigenvalue weighted by atomic mass is 32.1. The van der Waals surface area contributed by atoms with Gasteiger partial charge in [-0.2, -0.15) is 0 Å². The van der Waals surface area contributed by atoms with E-state index < -0.39 is 17.8 Å². The van der Waals surface area contributed by atoms with Crippen LogP contribution in [0.15, 0.2) is 17.1 Å². The lowest BCUT2D eigenvalue weighted by molar-refractivity contribution is -0.141. The van der Waals surface area contributed by atoms with Crippen molar-refractivity contribution in [2.24, 2.45) is 4.99 Å². The number of hydrogen-bond acceptors (Lipinski definition) is 7. The molecule has 8 nitrogen and oxygen atoms in total. The number of rotatable bonds is 5. The zero-order valence-electron chi connectivity index (χ0n) is 16.6. The summed E-state index contributed by atoms with van der Waals surface area (Å²) in [6.07, 6.45) is 6.27. The molecule has 0 aliphatic carbocycles. The van der Waals surface area contributed by atoms with Crippen LogP contribution in [0.1, 0.15) is 46.8 Å². The topological polar surface area (TPSA) is 103 Å². The molecule has 1 saturated heterocycles. The van der Waals surface area contributed by atoms with Crippen LogP contribution in [-0.2, 0) is 16.0 Å². The Bertz CT molecular complexity index is 874. The fourth-order valence-corrected chi connectivity index (χ4v) is 5.08. The molecule has 1 aromatic heterocycles. The molecule has 9 heteroatoms. The summed E-state index contributed by atoms with van der Waals surface area (Å²) in [6.45, 7) is 5.49. The molecule has 0 spiro atoms. The lowest BCUT2D eigenvalue weighted by Gasteiger charge is -2.36. The Hall–Kier alpha value is -2.23. The van der Waals surface area contributed by atoms with Crippen LogP contribution >= 0.6 is 11.3 Å². The summed E-state index contributed by atoms with van der Waals surface area (Å²) in [5.41, 5.74) is 1.51. The molecule has 4 rings (SSSR count). The quantitative estimate of drug-likeness (QED) is 0.672. The van der Waals surface area contributed by atoms with E-state index >= 15 is 0 Å². The number of nitrogens with zero attached hydrogens (tertiary/aromatic N) is 2. The Morgan fingerprint density at radius 1 is 1.48 bits per heavy atom. The Kier molecular flexibility index (Phi) is 5.46. The highest BCUT2D eigenvalue weighted by Crippen LogP contribution is 2.33. The SMILES string of the molecule is CC(C(=O)O)N1CCc2sc(C3=CC=NC(C)(NC4CCOCC4)N3)cc2C1=O. The molecule has 2 atom stereocenters. The number of allylic oxidation sites excluding steroid dienone is 1. The molecule has 0 aromatic carbocycles. The highest BCUT2D eigenvalue weighted by Gasteiger charge is 2.34. The molecular formula is C20H26N4O4S. The summed E-state index contributed by atoms with van der Waals surface area (Å²) in [4.78, 5) is 32.1. The Morgan fingerprint density at radius 3 is 2.97 bits per heavy atom. The van der Waals surface area contributed by atoms with Crippen LogP contribution in [0.2, 0.25) is 0 Å². The van der Waals surface area contributed by atoms with Crippen molar-refractivity contribution in [2.45, 2.75) is 51.0 Å². The minimum Gasteiger partial charge on any atom is -0.480 e. The van der Waals surface area contributed by atoms with E-state index in [0.717, 1.165) is 41.5 Å². The molecule has 0 saturated carbocycles. The number of thiophene rings is 1. The van der Waals surface area contributed by atoms with Gasteiger partial charge in [0.15, 0.2) is 5.79 Å². The molecule has 2 unspecified atom stereocenters. The van der Waals surface area contributed by atoms with E-state index in [4.69, 9.17) is 4.74 Å². The van der Waals surface area contributed by atoms with Crippen LogP contribution in [-0.4, -0.2) is 65.7 Å². The van der Waals surface area contributed by atoms with Crippen molar-refractivity contribution in [3.05, 3.63) is 27.5 Å². The average Bonchev–Trinajstić information content (AvgIpc) is 3.13. The first kappa shape index (κ1) is 20.1. The van der Waals surface area contributed by atoms with Crippen molar-refractivity contribution in [1.82, 2.24) is 15.5 Å². The zero-order chi connectivity index (χ0) is 20.6. The van der Waals surface area contributed by atoms with E-state index in [1.807, 2.05) is 19.1 Å². The summed E-state index contributed by atoms with van der Waals surface area (Å²) in [6, 6.07) is 1.38. The van der Waals surface area contributed by atoms with Crippen LogP contribution < -0.4 is 10.6 Å². The number of carbonyl (C=O) groups is 2.